The molecule has 5 aromatic carbocycles. The van der Waals surface area contributed by atoms with Crippen molar-refractivity contribution in [2.24, 2.45) is 0 Å². The van der Waals surface area contributed by atoms with Gasteiger partial charge in [0.15, 0.2) is 8.32 Å². The molecule has 4 atom stereocenters. The first kappa shape index (κ1) is 57.6. The average molecular weight is 1020 g/mol. The van der Waals surface area contributed by atoms with Crippen LogP contribution in [0.25, 0.3) is 11.1 Å². The molecule has 0 unspecified atom stereocenters. The number of rotatable bonds is 25. The van der Waals surface area contributed by atoms with Crippen LogP contribution < -0.4 is 25.4 Å². The number of Topliss-reactive ketones (excluding diaryl/α,β-unsaturated/α-hetero) is 1. The lowest BCUT2D eigenvalue weighted by Gasteiger charge is -2.40. The van der Waals surface area contributed by atoms with Crippen molar-refractivity contribution in [1.29, 1.82) is 0 Å². The van der Waals surface area contributed by atoms with Gasteiger partial charge in [0.2, 0.25) is 5.91 Å². The maximum atomic E-state index is 15.2. The third kappa shape index (κ3) is 17.7. The summed E-state index contributed by atoms with van der Waals surface area (Å²) in [6, 6.07) is 37.9. The molecular weight excluding hydrogens is 937 g/mol. The predicted octanol–water partition coefficient (Wildman–Crippen LogP) is 10.2. The Balaban J connectivity index is 1.61. The fraction of sp³-hybridized carbons (Fsp3) is 0.424. The van der Waals surface area contributed by atoms with E-state index in [0.717, 1.165) is 33.4 Å². The molecule has 5 aromatic rings. The van der Waals surface area contributed by atoms with Crippen molar-refractivity contribution in [3.05, 3.63) is 155 Å². The highest BCUT2D eigenvalue weighted by Crippen LogP contribution is 2.38. The van der Waals surface area contributed by atoms with Gasteiger partial charge in [0, 0.05) is 26.4 Å². The van der Waals surface area contributed by atoms with E-state index in [-0.39, 0.29) is 36.9 Å². The number of carbonyl (C=O) groups excluding carboxylic acids is 4. The summed E-state index contributed by atoms with van der Waals surface area (Å²) in [5, 5.41) is 9.08. The largest absolute Gasteiger partial charge is 0.489 e. The fourth-order valence-corrected chi connectivity index (χ4v) is 9.36. The van der Waals surface area contributed by atoms with E-state index in [1.54, 1.807) is 41.8 Å². The highest BCUT2D eigenvalue weighted by atomic mass is 28.4. The first-order valence-electron chi connectivity index (χ1n) is 25.1. The van der Waals surface area contributed by atoms with E-state index in [0.29, 0.717) is 36.6 Å². The molecule has 0 aliphatic heterocycles. The lowest BCUT2D eigenvalue weighted by atomic mass is 9.94. The molecule has 73 heavy (non-hydrogen) atoms. The normalized spacial score (nSPS) is 13.5. The summed E-state index contributed by atoms with van der Waals surface area (Å²) >= 11 is 0. The summed E-state index contributed by atoms with van der Waals surface area (Å²) in [4.78, 5) is 57.7. The fourth-order valence-electron chi connectivity index (χ4n) is 8.00. The van der Waals surface area contributed by atoms with Crippen molar-refractivity contribution in [1.82, 2.24) is 20.9 Å². The van der Waals surface area contributed by atoms with Crippen LogP contribution in [0.1, 0.15) is 82.7 Å². The quantitative estimate of drug-likeness (QED) is 0.0378. The second-order valence-electron chi connectivity index (χ2n) is 21.1. The van der Waals surface area contributed by atoms with E-state index in [1.807, 2.05) is 134 Å². The van der Waals surface area contributed by atoms with Gasteiger partial charge >= 0.3 is 12.1 Å². The molecule has 0 heterocycles. The zero-order valence-corrected chi connectivity index (χ0v) is 46.0. The maximum absolute atomic E-state index is 15.2. The Morgan fingerprint density at radius 1 is 0.644 bits per heavy atom. The minimum absolute atomic E-state index is 0.00261. The number of likely N-dealkylation sites (N-methyl/N-ethyl adjacent to an activating group) is 3. The van der Waals surface area contributed by atoms with E-state index < -0.39 is 56.1 Å². The lowest BCUT2D eigenvalue weighted by molar-refractivity contribution is -0.156. The van der Waals surface area contributed by atoms with Crippen LogP contribution in [0.15, 0.2) is 127 Å². The average Bonchev–Trinajstić information content (AvgIpc) is 3.34. The van der Waals surface area contributed by atoms with Gasteiger partial charge in [-0.3, -0.25) is 9.59 Å². The van der Waals surface area contributed by atoms with Crippen LogP contribution in [-0.2, 0) is 60.9 Å². The summed E-state index contributed by atoms with van der Waals surface area (Å²) < 4.78 is 31.6. The number of ketones is 1. The summed E-state index contributed by atoms with van der Waals surface area (Å²) in [6.07, 6.45) is -0.813. The van der Waals surface area contributed by atoms with Gasteiger partial charge in [-0.15, -0.1) is 0 Å². The standard InChI is InChI=1S/C59H78N4O9Si/c1-41(64)50(61-9)34-47-32-45(28-30-53(47)68-38-42-22-16-13-17-23-42)46-29-31-54(69-39-43-24-18-14-19-25-43)48(33-46)35-52(56(66)70-40-44-26-20-15-21-27-44)63(10)55(65)51(62-57(67)71-58(2,3)4)36-49(37-60-8)72-73(11,12)59(5,6)7/h13-33,49-52,60-61H,34-40H2,1-12H3,(H,62,67)/t49-,50+,51+,52+/m1/s1. The highest BCUT2D eigenvalue weighted by Gasteiger charge is 2.41. The van der Waals surface area contributed by atoms with Crippen molar-refractivity contribution in [3.63, 3.8) is 0 Å². The number of hydrogen-bond acceptors (Lipinski definition) is 11. The number of amides is 2. The van der Waals surface area contributed by atoms with Crippen LogP contribution in [-0.4, -0.2) is 94.5 Å². The van der Waals surface area contributed by atoms with E-state index in [2.05, 4.69) is 49.8 Å². The Hall–Kier alpha value is -6.32. The van der Waals surface area contributed by atoms with Gasteiger partial charge in [0.25, 0.3) is 0 Å². The Morgan fingerprint density at radius 2 is 1.12 bits per heavy atom. The van der Waals surface area contributed by atoms with Gasteiger partial charge in [-0.1, -0.05) is 124 Å². The van der Waals surface area contributed by atoms with Crippen LogP contribution in [0.3, 0.4) is 0 Å². The first-order valence-corrected chi connectivity index (χ1v) is 28.0. The molecule has 5 rings (SSSR count). The molecule has 14 heteroatoms. The van der Waals surface area contributed by atoms with Crippen LogP contribution >= 0.6 is 0 Å². The van der Waals surface area contributed by atoms with Gasteiger partial charge < -0.3 is 44.2 Å². The number of alkyl carbamates (subject to hydrolysis) is 1. The van der Waals surface area contributed by atoms with Gasteiger partial charge in [-0.2, -0.15) is 0 Å². The molecule has 0 aliphatic carbocycles. The maximum Gasteiger partial charge on any atom is 0.408 e. The highest BCUT2D eigenvalue weighted by molar-refractivity contribution is 6.74. The van der Waals surface area contributed by atoms with E-state index in [1.165, 1.54) is 4.90 Å². The molecule has 2 amide bonds. The Morgan fingerprint density at radius 3 is 1.56 bits per heavy atom. The first-order chi connectivity index (χ1) is 34.6. The Bertz CT molecular complexity index is 2560. The Labute approximate surface area is 434 Å². The van der Waals surface area contributed by atoms with E-state index >= 15 is 4.79 Å². The Kier molecular flexibility index (Phi) is 21.0. The smallest absolute Gasteiger partial charge is 0.408 e. The molecule has 0 saturated carbocycles. The molecule has 392 valence electrons. The van der Waals surface area contributed by atoms with Gasteiger partial charge in [-0.05, 0) is 130 Å². The van der Waals surface area contributed by atoms with Gasteiger partial charge in [0.1, 0.15) is 54.8 Å². The molecule has 0 bridgehead atoms. The molecule has 0 fully saturated rings. The van der Waals surface area contributed by atoms with Crippen LogP contribution in [0.5, 0.6) is 11.5 Å². The molecule has 3 N–H and O–H groups in total. The second kappa shape index (κ2) is 26.6. The molecule has 0 aromatic heterocycles. The number of hydrogen-bond donors (Lipinski definition) is 3. The SMILES string of the molecule is CNC[C@@H](C[C@H](NC(=O)OC(C)(C)C)C(=O)N(C)[C@@H](Cc1cc(-c2ccc(OCc3ccccc3)c(C[C@H](NC)C(C)=O)c2)ccc1OCc1ccccc1)C(=O)OCc1ccccc1)O[Si](C)(C)C(C)(C)C. The summed E-state index contributed by atoms with van der Waals surface area (Å²) in [7, 11) is 2.76. The number of nitrogens with zero attached hydrogens (tertiary/aromatic N) is 1. The molecular formula is C59H78N4O9Si. The monoisotopic (exact) mass is 1010 g/mol. The molecule has 13 nitrogen and oxygen atoms in total. The molecule has 0 spiro atoms. The number of nitrogens with one attached hydrogen (secondary N) is 3. The topological polar surface area (TPSA) is 154 Å². The molecule has 0 saturated heterocycles. The van der Waals surface area contributed by atoms with Crippen molar-refractivity contribution in [3.8, 4) is 22.6 Å². The zero-order chi connectivity index (χ0) is 53.3. The van der Waals surface area contributed by atoms with Crippen LogP contribution in [0.4, 0.5) is 4.79 Å². The minimum atomic E-state index is -2.38. The second-order valence-corrected chi connectivity index (χ2v) is 25.9. The van der Waals surface area contributed by atoms with Gasteiger partial charge in [-0.25, -0.2) is 9.59 Å². The number of carbonyl (C=O) groups is 4. The predicted molar refractivity (Wildman–Crippen MR) is 291 cm³/mol. The number of benzene rings is 5. The summed E-state index contributed by atoms with van der Waals surface area (Å²) in [5.74, 6) is -0.0269. The van der Waals surface area contributed by atoms with Crippen molar-refractivity contribution >= 4 is 32.1 Å². The third-order valence-corrected chi connectivity index (χ3v) is 17.6. The minimum Gasteiger partial charge on any atom is -0.489 e. The number of esters is 1. The van der Waals surface area contributed by atoms with Crippen molar-refractivity contribution < 1.29 is 42.6 Å². The summed E-state index contributed by atoms with van der Waals surface area (Å²) in [5.41, 5.74) is 4.97. The van der Waals surface area contributed by atoms with Crippen LogP contribution in [0.2, 0.25) is 18.1 Å². The van der Waals surface area contributed by atoms with Crippen LogP contribution in [0, 0.1) is 0 Å². The lowest BCUT2D eigenvalue weighted by Crippen LogP contribution is -2.56. The molecule has 0 aliphatic rings. The summed E-state index contributed by atoms with van der Waals surface area (Å²) in [6.45, 7) is 18.5. The van der Waals surface area contributed by atoms with Crippen molar-refractivity contribution in [2.75, 3.05) is 27.7 Å². The molecule has 0 radical (unpaired) electrons. The van der Waals surface area contributed by atoms with E-state index in [4.69, 9.17) is 23.4 Å². The van der Waals surface area contributed by atoms with E-state index in [9.17, 15) is 14.4 Å². The van der Waals surface area contributed by atoms with Gasteiger partial charge in [0.05, 0.1) is 12.1 Å². The third-order valence-electron chi connectivity index (χ3n) is 13.1. The van der Waals surface area contributed by atoms with Crippen molar-refractivity contribution in [2.45, 2.75) is 136 Å². The zero-order valence-electron chi connectivity index (χ0n) is 45.0. The number of ether oxygens (including phenoxy) is 4.